The number of guanidine groups is 1. The van der Waals surface area contributed by atoms with Crippen molar-refractivity contribution in [2.75, 3.05) is 52.4 Å². The first-order valence-corrected chi connectivity index (χ1v) is 9.77. The van der Waals surface area contributed by atoms with Crippen LogP contribution in [0.3, 0.4) is 0 Å². The lowest BCUT2D eigenvalue weighted by Crippen LogP contribution is -2.63. The third kappa shape index (κ3) is 5.93. The van der Waals surface area contributed by atoms with E-state index in [1.165, 1.54) is 24.4 Å². The molecule has 3 saturated heterocycles. The van der Waals surface area contributed by atoms with Gasteiger partial charge in [-0.1, -0.05) is 11.6 Å². The molecule has 3 fully saturated rings. The molecule has 0 aromatic carbocycles. The van der Waals surface area contributed by atoms with Gasteiger partial charge in [-0.15, -0.1) is 35.3 Å². The number of aliphatic imine (C=N–C) groups is 1. The molecule has 4 heterocycles. The summed E-state index contributed by atoms with van der Waals surface area (Å²) in [5.41, 5.74) is 0. The summed E-state index contributed by atoms with van der Waals surface area (Å²) in [7, 11) is 0. The van der Waals surface area contributed by atoms with Gasteiger partial charge in [0, 0.05) is 56.7 Å². The van der Waals surface area contributed by atoms with E-state index in [1.807, 2.05) is 13.0 Å². The van der Waals surface area contributed by atoms with E-state index in [9.17, 15) is 5.11 Å². The molecule has 25 heavy (non-hydrogen) atoms. The van der Waals surface area contributed by atoms with Crippen LogP contribution in [0.1, 0.15) is 17.9 Å². The van der Waals surface area contributed by atoms with Crippen molar-refractivity contribution in [2.45, 2.75) is 19.1 Å². The second-order valence-corrected chi connectivity index (χ2v) is 8.00. The van der Waals surface area contributed by atoms with Crippen LogP contribution in [0.15, 0.2) is 17.1 Å². The molecular weight excluding hydrogens is 473 g/mol. The second-order valence-electron chi connectivity index (χ2n) is 6.25. The summed E-state index contributed by atoms with van der Waals surface area (Å²) in [6.45, 7) is 9.90. The number of fused-ring (bicyclic) bond motifs is 3. The monoisotopic (exact) mass is 499 g/mol. The van der Waals surface area contributed by atoms with Crippen molar-refractivity contribution in [1.29, 1.82) is 0 Å². The number of piperazine rings is 3. The van der Waals surface area contributed by atoms with Crippen LogP contribution in [-0.2, 0) is 0 Å². The van der Waals surface area contributed by atoms with Gasteiger partial charge in [-0.3, -0.25) is 14.8 Å². The van der Waals surface area contributed by atoms with Crippen molar-refractivity contribution in [3.63, 3.8) is 0 Å². The number of thiophene rings is 1. The van der Waals surface area contributed by atoms with Gasteiger partial charge >= 0.3 is 0 Å². The normalized spacial score (nSPS) is 26.8. The second kappa shape index (κ2) is 10.3. The third-order valence-corrected chi connectivity index (χ3v) is 5.92. The molecule has 0 amide bonds. The SMILES string of the molecule is CCNC(=NCC(O)c1ccc(Cl)s1)NCC1CN2CCN1CC2.I. The zero-order valence-corrected chi connectivity index (χ0v) is 18.4. The van der Waals surface area contributed by atoms with Gasteiger partial charge in [0.05, 0.1) is 10.9 Å². The Bertz CT molecular complexity index is 564. The van der Waals surface area contributed by atoms with Crippen LogP contribution >= 0.6 is 46.9 Å². The minimum atomic E-state index is -0.612. The largest absolute Gasteiger partial charge is 0.386 e. The molecule has 0 spiro atoms. The predicted octanol–water partition coefficient (Wildman–Crippen LogP) is 1.61. The summed E-state index contributed by atoms with van der Waals surface area (Å²) < 4.78 is 0.689. The Labute approximate surface area is 175 Å². The summed E-state index contributed by atoms with van der Waals surface area (Å²) in [6.07, 6.45) is -0.612. The standard InChI is InChI=1S/C16H26ClN5OS.HI/c1-2-18-16(20-10-13(23)14-3-4-15(17)24-14)19-9-12-11-21-5-7-22(12)8-6-21;/h3-4,12-13,23H,2,5-11H2,1H3,(H2,18,19,20);1H. The lowest BCUT2D eigenvalue weighted by atomic mass is 10.1. The number of hydrogen-bond acceptors (Lipinski definition) is 5. The minimum Gasteiger partial charge on any atom is -0.386 e. The smallest absolute Gasteiger partial charge is 0.191 e. The van der Waals surface area contributed by atoms with Gasteiger partial charge < -0.3 is 15.7 Å². The summed E-state index contributed by atoms with van der Waals surface area (Å²) in [5, 5.41) is 16.9. The number of nitrogens with one attached hydrogen (secondary N) is 2. The molecule has 6 nitrogen and oxygen atoms in total. The molecule has 1 aromatic rings. The number of aliphatic hydroxyl groups is 1. The van der Waals surface area contributed by atoms with E-state index >= 15 is 0 Å². The zero-order valence-electron chi connectivity index (χ0n) is 14.4. The minimum absolute atomic E-state index is 0. The van der Waals surface area contributed by atoms with Gasteiger partial charge in [0.15, 0.2) is 5.96 Å². The third-order valence-electron chi connectivity index (χ3n) is 4.59. The van der Waals surface area contributed by atoms with Gasteiger partial charge in [0.1, 0.15) is 6.10 Å². The molecule has 2 atom stereocenters. The van der Waals surface area contributed by atoms with E-state index < -0.39 is 6.10 Å². The highest BCUT2D eigenvalue weighted by molar-refractivity contribution is 14.0. The van der Waals surface area contributed by atoms with E-state index in [-0.39, 0.29) is 24.0 Å². The maximum atomic E-state index is 10.2. The molecule has 9 heteroatoms. The Hall–Kier alpha value is -0.130. The van der Waals surface area contributed by atoms with E-state index in [0.717, 1.165) is 43.6 Å². The summed E-state index contributed by atoms with van der Waals surface area (Å²) in [5.74, 6) is 0.761. The Morgan fingerprint density at radius 1 is 1.36 bits per heavy atom. The molecule has 0 aliphatic carbocycles. The molecule has 1 aromatic heterocycles. The fourth-order valence-electron chi connectivity index (χ4n) is 3.25. The molecule has 2 unspecified atom stereocenters. The van der Waals surface area contributed by atoms with Gasteiger partial charge in [0.25, 0.3) is 0 Å². The molecule has 142 valence electrons. The fraction of sp³-hybridized carbons (Fsp3) is 0.688. The van der Waals surface area contributed by atoms with Crippen LogP contribution in [0.4, 0.5) is 0 Å². The lowest BCUT2D eigenvalue weighted by molar-refractivity contribution is 0.0154. The van der Waals surface area contributed by atoms with E-state index in [2.05, 4.69) is 25.4 Å². The Morgan fingerprint density at radius 3 is 2.68 bits per heavy atom. The number of halogens is 2. The van der Waals surface area contributed by atoms with Gasteiger partial charge in [-0.2, -0.15) is 0 Å². The molecule has 4 rings (SSSR count). The van der Waals surface area contributed by atoms with Crippen molar-refractivity contribution in [1.82, 2.24) is 20.4 Å². The quantitative estimate of drug-likeness (QED) is 0.315. The molecule has 3 aliphatic heterocycles. The van der Waals surface area contributed by atoms with Crippen molar-refractivity contribution in [2.24, 2.45) is 4.99 Å². The van der Waals surface area contributed by atoms with Crippen LogP contribution in [0.5, 0.6) is 0 Å². The van der Waals surface area contributed by atoms with Crippen molar-refractivity contribution in [3.05, 3.63) is 21.3 Å². The number of hydrogen-bond donors (Lipinski definition) is 3. The molecule has 0 radical (unpaired) electrons. The van der Waals surface area contributed by atoms with Gasteiger partial charge in [-0.05, 0) is 19.1 Å². The lowest BCUT2D eigenvalue weighted by Gasteiger charge is -2.47. The Morgan fingerprint density at radius 2 is 2.12 bits per heavy atom. The van der Waals surface area contributed by atoms with E-state index in [4.69, 9.17) is 11.6 Å². The van der Waals surface area contributed by atoms with E-state index in [0.29, 0.717) is 16.9 Å². The molecular formula is C16H27ClIN5OS. The molecule has 3 aliphatic rings. The van der Waals surface area contributed by atoms with E-state index in [1.54, 1.807) is 6.07 Å². The Balaban J connectivity index is 0.00000225. The summed E-state index contributed by atoms with van der Waals surface area (Å²) in [4.78, 5) is 10.5. The number of aliphatic hydroxyl groups excluding tert-OH is 1. The highest BCUT2D eigenvalue weighted by Gasteiger charge is 2.31. The maximum absolute atomic E-state index is 10.2. The fourth-order valence-corrected chi connectivity index (χ4v) is 4.29. The Kier molecular flexibility index (Phi) is 8.70. The first kappa shape index (κ1) is 21.2. The van der Waals surface area contributed by atoms with Gasteiger partial charge in [-0.25, -0.2) is 0 Å². The van der Waals surface area contributed by atoms with Gasteiger partial charge in [0.2, 0.25) is 0 Å². The maximum Gasteiger partial charge on any atom is 0.191 e. The van der Waals surface area contributed by atoms with Crippen LogP contribution in [0, 0.1) is 0 Å². The van der Waals surface area contributed by atoms with Crippen LogP contribution in [-0.4, -0.2) is 79.3 Å². The number of nitrogens with zero attached hydrogens (tertiary/aromatic N) is 3. The van der Waals surface area contributed by atoms with Crippen LogP contribution in [0.25, 0.3) is 0 Å². The highest BCUT2D eigenvalue weighted by Crippen LogP contribution is 2.26. The van der Waals surface area contributed by atoms with Crippen molar-refractivity contribution in [3.8, 4) is 0 Å². The summed E-state index contributed by atoms with van der Waals surface area (Å²) in [6, 6.07) is 4.20. The first-order chi connectivity index (χ1) is 11.7. The summed E-state index contributed by atoms with van der Waals surface area (Å²) >= 11 is 7.32. The molecule has 0 saturated carbocycles. The molecule has 3 N–H and O–H groups in total. The average Bonchev–Trinajstić information content (AvgIpc) is 3.05. The zero-order chi connectivity index (χ0) is 16.9. The van der Waals surface area contributed by atoms with Crippen LogP contribution in [0.2, 0.25) is 4.34 Å². The predicted molar refractivity (Wildman–Crippen MR) is 115 cm³/mol. The molecule has 2 bridgehead atoms. The average molecular weight is 500 g/mol. The van der Waals surface area contributed by atoms with Crippen molar-refractivity contribution >= 4 is 52.9 Å². The topological polar surface area (TPSA) is 63.1 Å². The first-order valence-electron chi connectivity index (χ1n) is 8.57. The number of rotatable bonds is 6. The highest BCUT2D eigenvalue weighted by atomic mass is 127. The van der Waals surface area contributed by atoms with Crippen LogP contribution < -0.4 is 10.6 Å². The van der Waals surface area contributed by atoms with Crippen molar-refractivity contribution < 1.29 is 5.11 Å².